The van der Waals surface area contributed by atoms with Crippen molar-refractivity contribution < 1.29 is 1.37 Å². The largest absolute Gasteiger partial charge is 0.123 e. The van der Waals surface area contributed by atoms with Gasteiger partial charge in [0.2, 0.25) is 0 Å². The summed E-state index contributed by atoms with van der Waals surface area (Å²) in [5.74, 6) is 0. The maximum atomic E-state index is 6.78. The lowest BCUT2D eigenvalue weighted by Crippen LogP contribution is -1.85. The highest BCUT2D eigenvalue weighted by atomic mass is 35.5. The summed E-state index contributed by atoms with van der Waals surface area (Å²) in [6.45, 7) is 2.43. The number of rotatable bonds is 2. The topological polar surface area (TPSA) is 0 Å². The van der Waals surface area contributed by atoms with Gasteiger partial charge in [0.1, 0.15) is 0 Å². The molecule has 0 aliphatic carbocycles. The van der Waals surface area contributed by atoms with E-state index in [1.165, 1.54) is 0 Å². The van der Waals surface area contributed by atoms with Crippen molar-refractivity contribution in [2.75, 3.05) is 0 Å². The Morgan fingerprint density at radius 2 is 2.67 bits per heavy atom. The molecule has 0 bridgehead atoms. The number of alkyl halides is 1. The molecule has 0 N–H and O–H groups in total. The van der Waals surface area contributed by atoms with Gasteiger partial charge in [-0.05, 0) is 13.3 Å². The first-order valence-electron chi connectivity index (χ1n) is 2.95. The molecular formula is C5H11Cl. The van der Waals surface area contributed by atoms with Crippen molar-refractivity contribution in [1.29, 1.82) is 0 Å². The molecule has 38 valence electrons. The first kappa shape index (κ1) is 4.45. The van der Waals surface area contributed by atoms with Gasteiger partial charge in [-0.1, -0.05) is 13.3 Å². The molecular weight excluding hydrogens is 95.5 g/mol. The summed E-state index contributed by atoms with van der Waals surface area (Å²) in [6, 6.07) is 0. The predicted octanol–water partition coefficient (Wildman–Crippen LogP) is 2.41. The maximum Gasteiger partial charge on any atom is 0.0307 e. The van der Waals surface area contributed by atoms with Gasteiger partial charge < -0.3 is 0 Å². The van der Waals surface area contributed by atoms with E-state index in [9.17, 15) is 0 Å². The van der Waals surface area contributed by atoms with Gasteiger partial charge in [0.05, 0.1) is 0 Å². The second-order valence-electron chi connectivity index (χ2n) is 1.39. The van der Waals surface area contributed by atoms with E-state index in [1.54, 1.807) is 0 Å². The molecule has 0 saturated heterocycles. The minimum Gasteiger partial charge on any atom is -0.123 e. The molecule has 0 aromatic heterocycles. The average molecular weight is 109 g/mol. The summed E-state index contributed by atoms with van der Waals surface area (Å²) in [6.07, 6.45) is 2.07. The van der Waals surface area contributed by atoms with Crippen LogP contribution in [0.2, 0.25) is 0 Å². The first-order chi connectivity index (χ1) is 3.31. The molecule has 6 heavy (non-hydrogen) atoms. The molecule has 0 nitrogen and oxygen atoms in total. The molecule has 0 aliphatic rings. The Balaban J connectivity index is 2.83. The molecule has 0 radical (unpaired) electrons. The van der Waals surface area contributed by atoms with Gasteiger partial charge in [-0.2, -0.15) is 0 Å². The Hall–Kier alpha value is 0.290. The van der Waals surface area contributed by atoms with E-state index in [2.05, 4.69) is 6.92 Å². The quantitative estimate of drug-likeness (QED) is 0.477. The van der Waals surface area contributed by atoms with Gasteiger partial charge in [0, 0.05) is 6.75 Å². The van der Waals surface area contributed by atoms with Crippen LogP contribution in [0, 0.1) is 0 Å². The number of hydrogen-bond donors (Lipinski definition) is 0. The summed E-state index contributed by atoms with van der Waals surface area (Å²) in [5.41, 5.74) is 0. The van der Waals surface area contributed by atoms with E-state index in [1.807, 2.05) is 0 Å². The van der Waals surface area contributed by atoms with E-state index in [0.717, 1.165) is 12.8 Å². The zero-order valence-electron chi connectivity index (χ0n) is 5.08. The Kier molecular flexibility index (Phi) is 2.58. The normalized spacial score (nSPS) is 16.7. The van der Waals surface area contributed by atoms with Crippen LogP contribution in [0.25, 0.3) is 0 Å². The third kappa shape index (κ3) is 4.29. The number of halogens is 1. The van der Waals surface area contributed by atoms with E-state index >= 15 is 0 Å². The van der Waals surface area contributed by atoms with Crippen LogP contribution in [-0.4, -0.2) is 5.38 Å². The molecule has 0 saturated carbocycles. The molecule has 0 aromatic rings. The zero-order valence-corrected chi connectivity index (χ0v) is 4.83. The second kappa shape index (κ2) is 3.48. The van der Waals surface area contributed by atoms with Gasteiger partial charge in [0.25, 0.3) is 0 Å². The van der Waals surface area contributed by atoms with Crippen LogP contribution in [0.3, 0.4) is 0 Å². The molecule has 1 unspecified atom stereocenters. The lowest BCUT2D eigenvalue weighted by molar-refractivity contribution is 0.779. The van der Waals surface area contributed by atoms with Crippen LogP contribution in [0.5, 0.6) is 0 Å². The Morgan fingerprint density at radius 1 is 2.00 bits per heavy atom. The van der Waals surface area contributed by atoms with Crippen LogP contribution in [0.4, 0.5) is 0 Å². The lowest BCUT2D eigenvalue weighted by atomic mass is 10.3. The Labute approximate surface area is 45.9 Å². The minimum atomic E-state index is 0.0880. The van der Waals surface area contributed by atoms with Gasteiger partial charge in [-0.3, -0.25) is 0 Å². The fraction of sp³-hybridized carbons (Fsp3) is 1.00. The van der Waals surface area contributed by atoms with Crippen molar-refractivity contribution in [3.8, 4) is 0 Å². The van der Waals surface area contributed by atoms with Crippen LogP contribution in [0.15, 0.2) is 0 Å². The molecule has 1 atom stereocenters. The third-order valence-corrected chi connectivity index (χ3v) is 0.820. The van der Waals surface area contributed by atoms with Crippen molar-refractivity contribution in [2.24, 2.45) is 0 Å². The van der Waals surface area contributed by atoms with E-state index in [0.29, 0.717) is 6.90 Å². The summed E-state index contributed by atoms with van der Waals surface area (Å²) in [4.78, 5) is 0. The van der Waals surface area contributed by atoms with Crippen molar-refractivity contribution in [3.05, 3.63) is 0 Å². The summed E-state index contributed by atoms with van der Waals surface area (Å²) < 4.78 is 6.78. The van der Waals surface area contributed by atoms with Crippen molar-refractivity contribution >= 4 is 11.6 Å². The fourth-order valence-corrected chi connectivity index (χ4v) is 0.531. The van der Waals surface area contributed by atoms with E-state index in [-0.39, 0.29) is 5.38 Å². The van der Waals surface area contributed by atoms with Crippen molar-refractivity contribution in [1.82, 2.24) is 0 Å². The molecule has 0 rings (SSSR count). The Bertz CT molecular complexity index is 39.1. The first-order valence-corrected chi connectivity index (χ1v) is 2.68. The second-order valence-corrected chi connectivity index (χ2v) is 2.00. The highest BCUT2D eigenvalue weighted by Crippen LogP contribution is 2.01. The standard InChI is InChI=1S/C5H11Cl/c1-3-4-5(2)6/h5H,3-4H2,1-2H3/i2T. The summed E-state index contributed by atoms with van der Waals surface area (Å²) in [5, 5.41) is 0.0880. The summed E-state index contributed by atoms with van der Waals surface area (Å²) in [7, 11) is 0. The van der Waals surface area contributed by atoms with Crippen molar-refractivity contribution in [3.63, 3.8) is 0 Å². The molecule has 0 fully saturated rings. The van der Waals surface area contributed by atoms with Crippen LogP contribution < -0.4 is 0 Å². The summed E-state index contributed by atoms with van der Waals surface area (Å²) >= 11 is 5.58. The van der Waals surface area contributed by atoms with Crippen molar-refractivity contribution in [2.45, 2.75) is 32.0 Å². The third-order valence-electron chi connectivity index (χ3n) is 0.602. The lowest BCUT2D eigenvalue weighted by Gasteiger charge is -1.93. The average Bonchev–Trinajstić information content (AvgIpc) is 1.68. The molecule has 0 amide bonds. The van der Waals surface area contributed by atoms with Gasteiger partial charge >= 0.3 is 0 Å². The molecule has 1 heteroatoms. The molecule has 0 aromatic carbocycles. The molecule has 0 heterocycles. The molecule has 0 spiro atoms. The van der Waals surface area contributed by atoms with E-state index < -0.39 is 0 Å². The fourth-order valence-electron chi connectivity index (χ4n) is 0.313. The van der Waals surface area contributed by atoms with Crippen LogP contribution >= 0.6 is 11.6 Å². The van der Waals surface area contributed by atoms with Gasteiger partial charge in [-0.15, -0.1) is 11.6 Å². The van der Waals surface area contributed by atoms with Crippen LogP contribution in [0.1, 0.15) is 28.0 Å². The van der Waals surface area contributed by atoms with Crippen LogP contribution in [-0.2, 0) is 0 Å². The highest BCUT2D eigenvalue weighted by molar-refractivity contribution is 6.20. The highest BCUT2D eigenvalue weighted by Gasteiger charge is 1.88. The predicted molar refractivity (Wildman–Crippen MR) is 30.2 cm³/mol. The Morgan fingerprint density at radius 3 is 2.83 bits per heavy atom. The SMILES string of the molecule is [3H]CC(Cl)CCC. The number of hydrogen-bond acceptors (Lipinski definition) is 0. The monoisotopic (exact) mass is 108 g/mol. The van der Waals surface area contributed by atoms with Gasteiger partial charge in [-0.25, -0.2) is 0 Å². The maximum absolute atomic E-state index is 6.78. The molecule has 0 aliphatic heterocycles. The van der Waals surface area contributed by atoms with Gasteiger partial charge in [0.15, 0.2) is 0 Å². The smallest absolute Gasteiger partial charge is 0.0307 e. The zero-order chi connectivity index (χ0) is 5.70. The minimum absolute atomic E-state index is 0.0880. The van der Waals surface area contributed by atoms with E-state index in [4.69, 9.17) is 13.0 Å².